The highest BCUT2D eigenvalue weighted by Gasteiger charge is 2.51. The van der Waals surface area contributed by atoms with E-state index in [1.165, 1.54) is 0 Å². The number of hydrogen-bond acceptors (Lipinski definition) is 4. The number of methoxy groups -OCH3 is 1. The van der Waals surface area contributed by atoms with E-state index < -0.39 is 0 Å². The molecule has 0 radical (unpaired) electrons. The van der Waals surface area contributed by atoms with Crippen LogP contribution in [0, 0.1) is 5.92 Å². The summed E-state index contributed by atoms with van der Waals surface area (Å²) < 4.78 is 11.6. The Bertz CT molecular complexity index is 571. The van der Waals surface area contributed by atoms with Crippen molar-refractivity contribution in [1.29, 1.82) is 0 Å². The predicted octanol–water partition coefficient (Wildman–Crippen LogP) is 2.12. The minimum atomic E-state index is -0.274. The summed E-state index contributed by atoms with van der Waals surface area (Å²) in [5.74, 6) is 2.16. The zero-order chi connectivity index (χ0) is 13.7. The Balaban J connectivity index is 1.73. The normalized spacial score (nSPS) is 34.8. The molecule has 1 spiro atoms. The number of ether oxygens (including phenoxy) is 2. The molecule has 1 aromatic rings. The van der Waals surface area contributed by atoms with Crippen LogP contribution in [-0.2, 0) is 0 Å². The van der Waals surface area contributed by atoms with Crippen molar-refractivity contribution in [3.05, 3.63) is 23.8 Å². The third-order valence-corrected chi connectivity index (χ3v) is 5.13. The van der Waals surface area contributed by atoms with Crippen LogP contribution in [0.1, 0.15) is 29.6 Å². The van der Waals surface area contributed by atoms with Crippen molar-refractivity contribution in [3.8, 4) is 11.5 Å². The van der Waals surface area contributed by atoms with Crippen LogP contribution < -0.4 is 9.47 Å². The van der Waals surface area contributed by atoms with Gasteiger partial charge in [0.15, 0.2) is 5.78 Å². The molecule has 4 heteroatoms. The first-order valence-corrected chi connectivity index (χ1v) is 7.33. The number of Topliss-reactive ketones (excluding diaryl/α,β-unsaturated/α-hetero) is 1. The van der Waals surface area contributed by atoms with Gasteiger partial charge in [-0.1, -0.05) is 0 Å². The maximum Gasteiger partial charge on any atom is 0.170 e. The zero-order valence-corrected chi connectivity index (χ0v) is 11.7. The Labute approximate surface area is 118 Å². The molecule has 4 nitrogen and oxygen atoms in total. The summed E-state index contributed by atoms with van der Waals surface area (Å²) in [6, 6.07) is 5.51. The SMILES string of the molecule is COc1ccc2c(c1)OC1(CCN3CCC1C3)CC2=O. The summed E-state index contributed by atoms with van der Waals surface area (Å²) in [5, 5.41) is 0. The molecule has 1 aromatic carbocycles. The number of benzene rings is 1. The number of hydrogen-bond donors (Lipinski definition) is 0. The first kappa shape index (κ1) is 12.2. The van der Waals surface area contributed by atoms with E-state index in [2.05, 4.69) is 4.90 Å². The Hall–Kier alpha value is -1.55. The molecule has 0 aliphatic carbocycles. The zero-order valence-electron chi connectivity index (χ0n) is 11.7. The number of fused-ring (bicyclic) bond motifs is 4. The lowest BCUT2D eigenvalue weighted by molar-refractivity contribution is -0.0295. The molecule has 106 valence electrons. The highest BCUT2D eigenvalue weighted by atomic mass is 16.5. The Morgan fingerprint density at radius 1 is 1.40 bits per heavy atom. The molecule has 2 fully saturated rings. The Morgan fingerprint density at radius 2 is 2.30 bits per heavy atom. The highest BCUT2D eigenvalue weighted by molar-refractivity contribution is 6.00. The van der Waals surface area contributed by atoms with Gasteiger partial charge in [-0.25, -0.2) is 0 Å². The van der Waals surface area contributed by atoms with Gasteiger partial charge in [0.25, 0.3) is 0 Å². The molecule has 3 aliphatic rings. The van der Waals surface area contributed by atoms with E-state index in [4.69, 9.17) is 9.47 Å². The van der Waals surface area contributed by atoms with E-state index in [1.807, 2.05) is 18.2 Å². The van der Waals surface area contributed by atoms with Crippen molar-refractivity contribution >= 4 is 5.78 Å². The fraction of sp³-hybridized carbons (Fsp3) is 0.562. The van der Waals surface area contributed by atoms with Crippen molar-refractivity contribution < 1.29 is 14.3 Å². The number of carbonyl (C=O) groups excluding carboxylic acids is 1. The molecule has 3 atom stereocenters. The Kier molecular flexibility index (Phi) is 2.58. The van der Waals surface area contributed by atoms with Gasteiger partial charge in [-0.15, -0.1) is 0 Å². The van der Waals surface area contributed by atoms with Gasteiger partial charge in [0.2, 0.25) is 0 Å². The van der Waals surface area contributed by atoms with Crippen LogP contribution in [0.3, 0.4) is 0 Å². The van der Waals surface area contributed by atoms with Crippen molar-refractivity contribution in [2.45, 2.75) is 24.9 Å². The van der Waals surface area contributed by atoms with Gasteiger partial charge in [-0.05, 0) is 25.1 Å². The summed E-state index contributed by atoms with van der Waals surface area (Å²) in [4.78, 5) is 15.0. The maximum absolute atomic E-state index is 12.5. The van der Waals surface area contributed by atoms with E-state index in [1.54, 1.807) is 7.11 Å². The number of nitrogens with zero attached hydrogens (tertiary/aromatic N) is 1. The molecule has 0 aromatic heterocycles. The van der Waals surface area contributed by atoms with E-state index in [0.717, 1.165) is 38.2 Å². The molecule has 0 amide bonds. The topological polar surface area (TPSA) is 38.8 Å². The minimum Gasteiger partial charge on any atom is -0.497 e. The molecule has 2 saturated heterocycles. The first-order chi connectivity index (χ1) is 9.70. The lowest BCUT2D eigenvalue weighted by Gasteiger charge is -2.45. The summed E-state index contributed by atoms with van der Waals surface area (Å²) in [6.45, 7) is 3.27. The van der Waals surface area contributed by atoms with Crippen LogP contribution in [0.2, 0.25) is 0 Å². The van der Waals surface area contributed by atoms with Crippen LogP contribution in [0.5, 0.6) is 11.5 Å². The Morgan fingerprint density at radius 3 is 3.15 bits per heavy atom. The van der Waals surface area contributed by atoms with Crippen LogP contribution in [0.15, 0.2) is 18.2 Å². The monoisotopic (exact) mass is 273 g/mol. The minimum absolute atomic E-state index is 0.217. The highest BCUT2D eigenvalue weighted by Crippen LogP contribution is 2.46. The molecule has 4 rings (SSSR count). The number of piperidine rings is 1. The number of carbonyl (C=O) groups is 1. The predicted molar refractivity (Wildman–Crippen MR) is 74.5 cm³/mol. The fourth-order valence-electron chi connectivity index (χ4n) is 3.95. The van der Waals surface area contributed by atoms with Gasteiger partial charge >= 0.3 is 0 Å². The smallest absolute Gasteiger partial charge is 0.170 e. The molecule has 2 bridgehead atoms. The number of rotatable bonds is 1. The van der Waals surface area contributed by atoms with Crippen molar-refractivity contribution in [1.82, 2.24) is 4.90 Å². The van der Waals surface area contributed by atoms with Gasteiger partial charge in [0.1, 0.15) is 17.1 Å². The van der Waals surface area contributed by atoms with Gasteiger partial charge in [0.05, 0.1) is 19.1 Å². The second kappa shape index (κ2) is 4.22. The van der Waals surface area contributed by atoms with E-state index in [9.17, 15) is 4.79 Å². The third kappa shape index (κ3) is 1.67. The molecule has 3 heterocycles. The second-order valence-corrected chi connectivity index (χ2v) is 6.17. The molecule has 0 N–H and O–H groups in total. The molecule has 0 saturated carbocycles. The summed E-state index contributed by atoms with van der Waals surface area (Å²) in [6.07, 6.45) is 2.64. The van der Waals surface area contributed by atoms with E-state index in [0.29, 0.717) is 23.7 Å². The molecular weight excluding hydrogens is 254 g/mol. The first-order valence-electron chi connectivity index (χ1n) is 7.33. The van der Waals surface area contributed by atoms with Crippen LogP contribution in [-0.4, -0.2) is 43.0 Å². The van der Waals surface area contributed by atoms with Gasteiger partial charge < -0.3 is 14.4 Å². The quantitative estimate of drug-likeness (QED) is 0.785. The van der Waals surface area contributed by atoms with Crippen LogP contribution >= 0.6 is 0 Å². The summed E-state index contributed by atoms with van der Waals surface area (Å²) in [7, 11) is 1.64. The fourth-order valence-corrected chi connectivity index (χ4v) is 3.95. The number of ketones is 1. The average molecular weight is 273 g/mol. The largest absolute Gasteiger partial charge is 0.497 e. The van der Waals surface area contributed by atoms with Crippen molar-refractivity contribution in [2.75, 3.05) is 26.7 Å². The van der Waals surface area contributed by atoms with Gasteiger partial charge in [-0.2, -0.15) is 0 Å². The third-order valence-electron chi connectivity index (χ3n) is 5.13. The maximum atomic E-state index is 12.5. The van der Waals surface area contributed by atoms with E-state index >= 15 is 0 Å². The second-order valence-electron chi connectivity index (χ2n) is 6.17. The molecular formula is C16H19NO3. The molecule has 3 unspecified atom stereocenters. The van der Waals surface area contributed by atoms with Crippen molar-refractivity contribution in [3.63, 3.8) is 0 Å². The van der Waals surface area contributed by atoms with Crippen LogP contribution in [0.25, 0.3) is 0 Å². The average Bonchev–Trinajstić information content (AvgIpc) is 2.88. The van der Waals surface area contributed by atoms with Gasteiger partial charge in [0, 0.05) is 31.5 Å². The van der Waals surface area contributed by atoms with Gasteiger partial charge in [-0.3, -0.25) is 4.79 Å². The van der Waals surface area contributed by atoms with E-state index in [-0.39, 0.29) is 11.4 Å². The lowest BCUT2D eigenvalue weighted by Crippen LogP contribution is -2.53. The molecule has 3 aliphatic heterocycles. The standard InChI is InChI=1S/C16H19NO3/c1-19-12-2-3-13-14(18)9-16(20-15(13)8-12)5-7-17-6-4-11(16)10-17/h2-3,8,11H,4-7,9-10H2,1H3. The lowest BCUT2D eigenvalue weighted by atomic mass is 9.76. The summed E-state index contributed by atoms with van der Waals surface area (Å²) >= 11 is 0. The summed E-state index contributed by atoms with van der Waals surface area (Å²) in [5.41, 5.74) is 0.431. The molecule has 20 heavy (non-hydrogen) atoms. The van der Waals surface area contributed by atoms with Crippen LogP contribution in [0.4, 0.5) is 0 Å². The van der Waals surface area contributed by atoms with Crippen molar-refractivity contribution in [2.24, 2.45) is 5.92 Å².